The minimum Gasteiger partial charge on any atom is -0.378 e. The van der Waals surface area contributed by atoms with Crippen LogP contribution in [0.25, 0.3) is 0 Å². The zero-order chi connectivity index (χ0) is 13.1. The summed E-state index contributed by atoms with van der Waals surface area (Å²) >= 11 is 11.9. The van der Waals surface area contributed by atoms with Crippen molar-refractivity contribution in [2.45, 2.75) is 13.0 Å². The molecule has 1 unspecified atom stereocenters. The molecule has 0 aliphatic heterocycles. The highest BCUT2D eigenvalue weighted by molar-refractivity contribution is 14.1. The van der Waals surface area contributed by atoms with Crippen molar-refractivity contribution in [1.82, 2.24) is 0 Å². The Morgan fingerprint density at radius 3 is 2.50 bits per heavy atom. The second-order valence-corrected chi connectivity index (χ2v) is 6.46. The fourth-order valence-corrected chi connectivity index (χ4v) is 2.60. The molecule has 94 valence electrons. The first-order valence-electron chi connectivity index (χ1n) is 5.54. The van der Waals surface area contributed by atoms with Crippen molar-refractivity contribution in [2.75, 3.05) is 5.32 Å². The number of hydrogen-bond donors (Lipinski definition) is 1. The van der Waals surface area contributed by atoms with Crippen LogP contribution in [0.5, 0.6) is 0 Å². The molecule has 1 N–H and O–H groups in total. The fourth-order valence-electron chi connectivity index (χ4n) is 1.68. The van der Waals surface area contributed by atoms with Crippen LogP contribution in [0.1, 0.15) is 18.5 Å². The minimum absolute atomic E-state index is 0.233. The van der Waals surface area contributed by atoms with Crippen molar-refractivity contribution in [1.29, 1.82) is 0 Å². The van der Waals surface area contributed by atoms with Crippen LogP contribution in [0.3, 0.4) is 0 Å². The van der Waals surface area contributed by atoms with Crippen LogP contribution in [-0.4, -0.2) is 0 Å². The van der Waals surface area contributed by atoms with Crippen LogP contribution in [0.4, 0.5) is 5.69 Å². The summed E-state index contributed by atoms with van der Waals surface area (Å²) in [6.45, 7) is 2.13. The van der Waals surface area contributed by atoms with Gasteiger partial charge >= 0.3 is 0 Å². The van der Waals surface area contributed by atoms with Crippen LogP contribution in [-0.2, 0) is 0 Å². The van der Waals surface area contributed by atoms with Gasteiger partial charge in [-0.25, -0.2) is 0 Å². The summed E-state index contributed by atoms with van der Waals surface area (Å²) < 4.78 is 2.15. The average molecular weight is 437 g/mol. The molecule has 0 spiro atoms. The topological polar surface area (TPSA) is 12.0 Å². The Labute approximate surface area is 134 Å². The van der Waals surface area contributed by atoms with Gasteiger partial charge in [0.2, 0.25) is 0 Å². The van der Waals surface area contributed by atoms with Gasteiger partial charge in [-0.2, -0.15) is 0 Å². The van der Waals surface area contributed by atoms with Gasteiger partial charge in [-0.15, -0.1) is 0 Å². The summed E-state index contributed by atoms with van der Waals surface area (Å²) in [7, 11) is 0. The number of rotatable bonds is 3. The maximum atomic E-state index is 6.08. The van der Waals surface area contributed by atoms with Gasteiger partial charge in [-0.05, 0) is 75.3 Å². The molecule has 0 heterocycles. The molecule has 1 atom stereocenters. The summed E-state index contributed by atoms with van der Waals surface area (Å²) in [6, 6.07) is 14.6. The molecule has 0 aliphatic carbocycles. The van der Waals surface area contributed by atoms with Gasteiger partial charge in [0, 0.05) is 9.61 Å². The molecule has 0 aromatic heterocycles. The van der Waals surface area contributed by atoms with Crippen molar-refractivity contribution in [3.8, 4) is 0 Å². The fraction of sp³-hybridized carbons (Fsp3) is 0.143. The summed E-state index contributed by atoms with van der Waals surface area (Å²) in [4.78, 5) is 0. The van der Waals surface area contributed by atoms with Gasteiger partial charge in [0.1, 0.15) is 0 Å². The lowest BCUT2D eigenvalue weighted by Crippen LogP contribution is -2.07. The first-order chi connectivity index (χ1) is 8.58. The largest absolute Gasteiger partial charge is 0.378 e. The molecule has 0 bridgehead atoms. The van der Waals surface area contributed by atoms with Crippen molar-refractivity contribution < 1.29 is 0 Å². The third-order valence-electron chi connectivity index (χ3n) is 2.69. The maximum Gasteiger partial charge on any atom is 0.0593 e. The van der Waals surface area contributed by atoms with Crippen LogP contribution in [0, 0.1) is 3.57 Å². The van der Waals surface area contributed by atoms with Crippen molar-refractivity contribution >= 4 is 55.8 Å². The van der Waals surface area contributed by atoms with E-state index < -0.39 is 0 Å². The summed E-state index contributed by atoms with van der Waals surface area (Å²) in [6.07, 6.45) is 0. The Balaban J connectivity index is 2.18. The van der Waals surface area contributed by atoms with E-state index in [1.807, 2.05) is 18.2 Å². The smallest absolute Gasteiger partial charge is 0.0593 e. The quantitative estimate of drug-likeness (QED) is 0.593. The Morgan fingerprint density at radius 1 is 1.17 bits per heavy atom. The molecule has 0 fully saturated rings. The first-order valence-corrected chi connectivity index (χ1v) is 7.79. The molecule has 4 heteroatoms. The second-order valence-electron chi connectivity index (χ2n) is 4.02. The molecule has 0 saturated carbocycles. The molecule has 0 aliphatic rings. The summed E-state index contributed by atoms with van der Waals surface area (Å²) in [5.74, 6) is 0. The van der Waals surface area contributed by atoms with E-state index in [1.54, 1.807) is 0 Å². The van der Waals surface area contributed by atoms with Gasteiger partial charge < -0.3 is 5.32 Å². The lowest BCUT2D eigenvalue weighted by molar-refractivity contribution is 0.883. The van der Waals surface area contributed by atoms with E-state index in [0.29, 0.717) is 0 Å². The molecule has 0 saturated heterocycles. The Bertz CT molecular complexity index is 542. The van der Waals surface area contributed by atoms with Gasteiger partial charge in [-0.1, -0.05) is 29.8 Å². The molecule has 2 rings (SSSR count). The summed E-state index contributed by atoms with van der Waals surface area (Å²) in [5, 5.41) is 4.17. The van der Waals surface area contributed by atoms with E-state index in [2.05, 4.69) is 75.0 Å². The molecule has 1 nitrogen and oxygen atoms in total. The Morgan fingerprint density at radius 2 is 1.83 bits per heavy atom. The van der Waals surface area contributed by atoms with Crippen molar-refractivity contribution in [3.63, 3.8) is 0 Å². The van der Waals surface area contributed by atoms with E-state index in [9.17, 15) is 0 Å². The number of halogens is 3. The van der Waals surface area contributed by atoms with Crippen molar-refractivity contribution in [2.24, 2.45) is 0 Å². The van der Waals surface area contributed by atoms with Crippen molar-refractivity contribution in [3.05, 3.63) is 61.1 Å². The zero-order valence-electron chi connectivity index (χ0n) is 9.75. The van der Waals surface area contributed by atoms with Gasteiger partial charge in [-0.3, -0.25) is 0 Å². The predicted octanol–water partition coefficient (Wildman–Crippen LogP) is 5.88. The van der Waals surface area contributed by atoms with E-state index in [0.717, 1.165) is 15.2 Å². The lowest BCUT2D eigenvalue weighted by Gasteiger charge is -2.17. The van der Waals surface area contributed by atoms with E-state index in [-0.39, 0.29) is 6.04 Å². The number of hydrogen-bond acceptors (Lipinski definition) is 1. The predicted molar refractivity (Wildman–Crippen MR) is 90.3 cm³/mol. The van der Waals surface area contributed by atoms with E-state index >= 15 is 0 Å². The van der Waals surface area contributed by atoms with Crippen LogP contribution < -0.4 is 5.32 Å². The summed E-state index contributed by atoms with van der Waals surface area (Å²) in [5.41, 5.74) is 2.26. The molecule has 18 heavy (non-hydrogen) atoms. The van der Waals surface area contributed by atoms with Crippen LogP contribution in [0.2, 0.25) is 5.02 Å². The SMILES string of the molecule is CC(Nc1cccc(Cl)c1Br)c1ccc(I)cc1. The monoisotopic (exact) mass is 435 g/mol. The number of anilines is 1. The third-order valence-corrected chi connectivity index (χ3v) is 4.81. The first kappa shape index (κ1) is 14.2. The Kier molecular flexibility index (Phi) is 4.92. The van der Waals surface area contributed by atoms with Gasteiger partial charge in [0.05, 0.1) is 15.2 Å². The molecular weight excluding hydrogens is 424 g/mol. The molecule has 2 aromatic rings. The maximum absolute atomic E-state index is 6.08. The molecule has 0 radical (unpaired) electrons. The molecule has 2 aromatic carbocycles. The molecular formula is C14H12BrClIN. The van der Waals surface area contributed by atoms with E-state index in [1.165, 1.54) is 9.13 Å². The third kappa shape index (κ3) is 3.39. The van der Waals surface area contributed by atoms with Crippen LogP contribution >= 0.6 is 50.1 Å². The van der Waals surface area contributed by atoms with Gasteiger partial charge in [0.15, 0.2) is 0 Å². The standard InChI is InChI=1S/C14H12BrClIN/c1-9(10-5-7-11(17)8-6-10)18-13-4-2-3-12(16)14(13)15/h2-9,18H,1H3. The normalized spacial score (nSPS) is 12.2. The Hall–Kier alpha value is -0.260. The average Bonchev–Trinajstić information content (AvgIpc) is 2.36. The highest BCUT2D eigenvalue weighted by atomic mass is 127. The zero-order valence-corrected chi connectivity index (χ0v) is 14.3. The minimum atomic E-state index is 0.233. The number of benzene rings is 2. The van der Waals surface area contributed by atoms with Gasteiger partial charge in [0.25, 0.3) is 0 Å². The number of nitrogens with one attached hydrogen (secondary N) is 1. The highest BCUT2D eigenvalue weighted by Gasteiger charge is 2.08. The van der Waals surface area contributed by atoms with Crippen LogP contribution in [0.15, 0.2) is 46.9 Å². The second kappa shape index (κ2) is 6.26. The molecule has 0 amide bonds. The highest BCUT2D eigenvalue weighted by Crippen LogP contribution is 2.32. The van der Waals surface area contributed by atoms with E-state index in [4.69, 9.17) is 11.6 Å². The lowest BCUT2D eigenvalue weighted by atomic mass is 10.1.